The molecule has 1 saturated heterocycles. The van der Waals surface area contributed by atoms with Crippen molar-refractivity contribution in [2.45, 2.75) is 46.1 Å². The highest BCUT2D eigenvalue weighted by Crippen LogP contribution is 2.18. The van der Waals surface area contributed by atoms with Gasteiger partial charge in [-0.25, -0.2) is 0 Å². The van der Waals surface area contributed by atoms with Crippen LogP contribution in [0.15, 0.2) is 4.99 Å². The number of likely N-dealkylation sites (N-methyl/N-ethyl adjacent to an activating group) is 1. The molecule has 1 heterocycles. The Hall–Kier alpha value is -0.810. The van der Waals surface area contributed by atoms with Gasteiger partial charge in [0.15, 0.2) is 5.96 Å². The monoisotopic (exact) mass is 312 g/mol. The molecule has 5 heteroatoms. The molecule has 5 nitrogen and oxygen atoms in total. The van der Waals surface area contributed by atoms with Gasteiger partial charge in [0.05, 0.1) is 0 Å². The summed E-state index contributed by atoms with van der Waals surface area (Å²) in [4.78, 5) is 9.12. The van der Waals surface area contributed by atoms with Gasteiger partial charge in [-0.2, -0.15) is 0 Å². The molecule has 130 valence electrons. The summed E-state index contributed by atoms with van der Waals surface area (Å²) in [7, 11) is 4.00. The molecule has 1 aliphatic rings. The molecule has 0 amide bonds. The van der Waals surface area contributed by atoms with Crippen LogP contribution in [0, 0.1) is 5.92 Å². The normalized spacial score (nSPS) is 17.3. The van der Waals surface area contributed by atoms with Gasteiger partial charge >= 0.3 is 0 Å². The molecule has 0 aromatic carbocycles. The summed E-state index contributed by atoms with van der Waals surface area (Å²) in [5, 5.41) is 3.49. The van der Waals surface area contributed by atoms with E-state index in [0.29, 0.717) is 6.04 Å². The van der Waals surface area contributed by atoms with Crippen LogP contribution >= 0.6 is 0 Å². The fourth-order valence-electron chi connectivity index (χ4n) is 2.99. The van der Waals surface area contributed by atoms with Crippen LogP contribution in [0.5, 0.6) is 0 Å². The van der Waals surface area contributed by atoms with Crippen molar-refractivity contribution in [3.63, 3.8) is 0 Å². The van der Waals surface area contributed by atoms with Crippen molar-refractivity contribution in [3.8, 4) is 0 Å². The lowest BCUT2D eigenvalue weighted by molar-refractivity contribution is 0.0625. The first kappa shape index (κ1) is 19.2. The Morgan fingerprint density at radius 1 is 1.27 bits per heavy atom. The highest BCUT2D eigenvalue weighted by molar-refractivity contribution is 5.79. The van der Waals surface area contributed by atoms with Crippen LogP contribution in [-0.4, -0.2) is 75.3 Å². The lowest BCUT2D eigenvalue weighted by Gasteiger charge is -2.28. The maximum Gasteiger partial charge on any atom is 0.193 e. The Morgan fingerprint density at radius 2 is 1.95 bits per heavy atom. The Labute approximate surface area is 137 Å². The fraction of sp³-hybridized carbons (Fsp3) is 0.941. The fourth-order valence-corrected chi connectivity index (χ4v) is 2.99. The molecule has 0 radical (unpaired) electrons. The number of aliphatic imine (C=N–C) groups is 1. The van der Waals surface area contributed by atoms with Crippen molar-refractivity contribution >= 4 is 5.96 Å². The molecule has 0 aliphatic carbocycles. The Balaban J connectivity index is 2.27. The zero-order chi connectivity index (χ0) is 16.4. The molecular formula is C17H36N4O. The second kappa shape index (κ2) is 10.8. The van der Waals surface area contributed by atoms with E-state index in [9.17, 15) is 0 Å². The van der Waals surface area contributed by atoms with Crippen molar-refractivity contribution in [1.82, 2.24) is 15.1 Å². The first-order chi connectivity index (χ1) is 10.6. The first-order valence-corrected chi connectivity index (χ1v) is 8.82. The molecule has 1 aliphatic heterocycles. The molecule has 0 aromatic heterocycles. The molecule has 0 bridgehead atoms. The van der Waals surface area contributed by atoms with Crippen LogP contribution in [0.1, 0.15) is 40.0 Å². The van der Waals surface area contributed by atoms with Crippen molar-refractivity contribution < 1.29 is 4.74 Å². The standard InChI is InChI=1S/C17H36N4O/c1-6-21(15(2)3)12-10-19-17(18-4)20(5)11-7-16-8-13-22-14-9-16/h15-16H,6-14H2,1-5H3,(H,18,19). The molecule has 1 rings (SSSR count). The molecule has 1 N–H and O–H groups in total. The maximum absolute atomic E-state index is 5.43. The van der Waals surface area contributed by atoms with Crippen LogP contribution in [0.2, 0.25) is 0 Å². The van der Waals surface area contributed by atoms with E-state index in [2.05, 4.69) is 47.9 Å². The highest BCUT2D eigenvalue weighted by Gasteiger charge is 2.15. The minimum absolute atomic E-state index is 0.597. The van der Waals surface area contributed by atoms with Gasteiger partial charge in [-0.1, -0.05) is 6.92 Å². The number of rotatable bonds is 8. The maximum atomic E-state index is 5.43. The average Bonchev–Trinajstić information content (AvgIpc) is 2.53. The predicted molar refractivity (Wildman–Crippen MR) is 94.5 cm³/mol. The van der Waals surface area contributed by atoms with E-state index >= 15 is 0 Å². The van der Waals surface area contributed by atoms with Crippen molar-refractivity contribution in [2.75, 3.05) is 53.5 Å². The van der Waals surface area contributed by atoms with Gasteiger partial charge in [-0.05, 0) is 45.6 Å². The number of guanidine groups is 1. The van der Waals surface area contributed by atoms with Gasteiger partial charge in [0.2, 0.25) is 0 Å². The molecular weight excluding hydrogens is 276 g/mol. The second-order valence-electron chi connectivity index (χ2n) is 6.46. The lowest BCUT2D eigenvalue weighted by atomic mass is 9.96. The minimum atomic E-state index is 0.597. The lowest BCUT2D eigenvalue weighted by Crippen LogP contribution is -2.44. The Bertz CT molecular complexity index is 314. The van der Waals surface area contributed by atoms with Gasteiger partial charge in [0, 0.05) is 53.0 Å². The van der Waals surface area contributed by atoms with E-state index in [1.807, 2.05) is 7.05 Å². The number of hydrogen-bond acceptors (Lipinski definition) is 3. The van der Waals surface area contributed by atoms with Gasteiger partial charge < -0.3 is 15.0 Å². The number of nitrogens with zero attached hydrogens (tertiary/aromatic N) is 3. The third kappa shape index (κ3) is 6.97. The van der Waals surface area contributed by atoms with E-state index in [1.54, 1.807) is 0 Å². The molecule has 0 unspecified atom stereocenters. The Kier molecular flexibility index (Phi) is 9.48. The predicted octanol–water partition coefficient (Wildman–Crippen LogP) is 2.04. The first-order valence-electron chi connectivity index (χ1n) is 8.82. The van der Waals surface area contributed by atoms with Crippen molar-refractivity contribution in [3.05, 3.63) is 0 Å². The third-order valence-corrected chi connectivity index (χ3v) is 4.61. The van der Waals surface area contributed by atoms with Crippen molar-refractivity contribution in [1.29, 1.82) is 0 Å². The highest BCUT2D eigenvalue weighted by atomic mass is 16.5. The minimum Gasteiger partial charge on any atom is -0.381 e. The molecule has 0 spiro atoms. The van der Waals surface area contributed by atoms with Crippen LogP contribution in [-0.2, 0) is 4.74 Å². The van der Waals surface area contributed by atoms with Crippen LogP contribution < -0.4 is 5.32 Å². The topological polar surface area (TPSA) is 40.1 Å². The zero-order valence-corrected chi connectivity index (χ0v) is 15.3. The van der Waals surface area contributed by atoms with E-state index in [-0.39, 0.29) is 0 Å². The van der Waals surface area contributed by atoms with Gasteiger partial charge in [-0.3, -0.25) is 9.89 Å². The second-order valence-corrected chi connectivity index (χ2v) is 6.46. The number of hydrogen-bond donors (Lipinski definition) is 1. The van der Waals surface area contributed by atoms with Gasteiger partial charge in [-0.15, -0.1) is 0 Å². The zero-order valence-electron chi connectivity index (χ0n) is 15.3. The van der Waals surface area contributed by atoms with Crippen molar-refractivity contribution in [2.24, 2.45) is 10.9 Å². The Morgan fingerprint density at radius 3 is 2.50 bits per heavy atom. The molecule has 0 aromatic rings. The largest absolute Gasteiger partial charge is 0.381 e. The van der Waals surface area contributed by atoms with Gasteiger partial charge in [0.25, 0.3) is 0 Å². The molecule has 0 saturated carbocycles. The summed E-state index contributed by atoms with van der Waals surface area (Å²) in [5.41, 5.74) is 0. The molecule has 1 fully saturated rings. The van der Waals surface area contributed by atoms with Gasteiger partial charge in [0.1, 0.15) is 0 Å². The summed E-state index contributed by atoms with van der Waals surface area (Å²) in [6, 6.07) is 0.597. The SMILES string of the molecule is CCN(CCNC(=NC)N(C)CCC1CCOCC1)C(C)C. The molecule has 0 atom stereocenters. The summed E-state index contributed by atoms with van der Waals surface area (Å²) < 4.78 is 5.43. The van der Waals surface area contributed by atoms with E-state index < -0.39 is 0 Å². The summed E-state index contributed by atoms with van der Waals surface area (Å²) in [5.74, 6) is 1.82. The quantitative estimate of drug-likeness (QED) is 0.550. The van der Waals surface area contributed by atoms with Crippen LogP contribution in [0.25, 0.3) is 0 Å². The molecule has 22 heavy (non-hydrogen) atoms. The van der Waals surface area contributed by atoms with E-state index in [4.69, 9.17) is 4.74 Å². The summed E-state index contributed by atoms with van der Waals surface area (Å²) in [6.07, 6.45) is 3.65. The summed E-state index contributed by atoms with van der Waals surface area (Å²) in [6.45, 7) is 12.7. The van der Waals surface area contributed by atoms with Crippen LogP contribution in [0.3, 0.4) is 0 Å². The number of nitrogens with one attached hydrogen (secondary N) is 1. The third-order valence-electron chi connectivity index (χ3n) is 4.61. The number of ether oxygens (including phenoxy) is 1. The average molecular weight is 313 g/mol. The van der Waals surface area contributed by atoms with Crippen LogP contribution in [0.4, 0.5) is 0 Å². The summed E-state index contributed by atoms with van der Waals surface area (Å²) >= 11 is 0. The smallest absolute Gasteiger partial charge is 0.193 e. The van der Waals surface area contributed by atoms with E-state index in [0.717, 1.165) is 51.3 Å². The van der Waals surface area contributed by atoms with E-state index in [1.165, 1.54) is 19.3 Å².